The number of aliphatic hydroxyl groups excluding tert-OH is 1. The predicted octanol–water partition coefficient (Wildman–Crippen LogP) is 4.23. The quantitative estimate of drug-likeness (QED) is 0.862. The number of hydrogen-bond acceptors (Lipinski definition) is 2. The van der Waals surface area contributed by atoms with Gasteiger partial charge < -0.3 is 9.84 Å². The summed E-state index contributed by atoms with van der Waals surface area (Å²) in [6.07, 6.45) is 7.74. The molecule has 0 radical (unpaired) electrons. The largest absolute Gasteiger partial charge is 0.487 e. The van der Waals surface area contributed by atoms with Gasteiger partial charge in [0.2, 0.25) is 0 Å². The molecule has 1 aliphatic heterocycles. The number of aliphatic hydroxyl groups is 1. The van der Waals surface area contributed by atoms with Crippen LogP contribution in [0.4, 0.5) is 0 Å². The molecule has 0 aromatic heterocycles. The summed E-state index contributed by atoms with van der Waals surface area (Å²) in [6.45, 7) is 2.27. The highest BCUT2D eigenvalue weighted by Crippen LogP contribution is 2.47. The first-order valence-corrected chi connectivity index (χ1v) is 7.68. The van der Waals surface area contributed by atoms with Crippen LogP contribution < -0.4 is 4.74 Å². The lowest BCUT2D eigenvalue weighted by Crippen LogP contribution is -2.44. The van der Waals surface area contributed by atoms with Crippen LogP contribution in [0.25, 0.3) is 0 Å². The number of ether oxygens (including phenoxy) is 1. The van der Waals surface area contributed by atoms with E-state index >= 15 is 0 Å². The molecule has 1 heterocycles. The molecule has 19 heavy (non-hydrogen) atoms. The van der Waals surface area contributed by atoms with Crippen LogP contribution in [0.15, 0.2) is 24.3 Å². The summed E-state index contributed by atoms with van der Waals surface area (Å²) < 4.78 is 6.30. The van der Waals surface area contributed by atoms with E-state index in [1.807, 2.05) is 24.3 Å². The van der Waals surface area contributed by atoms with Crippen molar-refractivity contribution in [2.24, 2.45) is 5.92 Å². The van der Waals surface area contributed by atoms with Crippen molar-refractivity contribution in [1.29, 1.82) is 0 Å². The van der Waals surface area contributed by atoms with E-state index in [1.54, 1.807) is 0 Å². The van der Waals surface area contributed by atoms with E-state index in [0.717, 1.165) is 36.5 Å². The Morgan fingerprint density at radius 3 is 2.74 bits per heavy atom. The van der Waals surface area contributed by atoms with Crippen molar-refractivity contribution in [3.8, 4) is 5.75 Å². The fourth-order valence-electron chi connectivity index (χ4n) is 3.79. The molecule has 1 spiro atoms. The molecule has 2 aliphatic rings. The highest BCUT2D eigenvalue weighted by atomic mass is 16.5. The lowest BCUT2D eigenvalue weighted by molar-refractivity contribution is -0.0474. The SMILES string of the molecule is CCCC1CCC2(CC1)CC(O)c1ccccc1O2. The molecule has 1 unspecified atom stereocenters. The molecule has 0 bridgehead atoms. The van der Waals surface area contributed by atoms with Gasteiger partial charge in [-0.3, -0.25) is 0 Å². The zero-order valence-corrected chi connectivity index (χ0v) is 11.8. The molecule has 1 saturated carbocycles. The van der Waals surface area contributed by atoms with Crippen LogP contribution in [0.1, 0.15) is 63.5 Å². The second kappa shape index (κ2) is 5.16. The molecule has 1 atom stereocenters. The van der Waals surface area contributed by atoms with Crippen molar-refractivity contribution in [3.63, 3.8) is 0 Å². The number of para-hydroxylation sites is 1. The zero-order valence-electron chi connectivity index (χ0n) is 11.8. The third-order valence-corrected chi connectivity index (χ3v) is 4.88. The van der Waals surface area contributed by atoms with Crippen molar-refractivity contribution in [2.45, 2.75) is 63.6 Å². The highest BCUT2D eigenvalue weighted by molar-refractivity contribution is 5.38. The predicted molar refractivity (Wildman–Crippen MR) is 76.2 cm³/mol. The maximum atomic E-state index is 10.4. The standard InChI is InChI=1S/C17H24O2/c1-2-5-13-8-10-17(11-9-13)12-15(18)14-6-3-4-7-16(14)19-17/h3-4,6-7,13,15,18H,2,5,8-12H2,1H3. The topological polar surface area (TPSA) is 29.5 Å². The zero-order chi connectivity index (χ0) is 13.3. The Labute approximate surface area is 115 Å². The van der Waals surface area contributed by atoms with Crippen LogP contribution in [0, 0.1) is 5.92 Å². The Bertz CT molecular complexity index is 433. The minimum atomic E-state index is -0.354. The average molecular weight is 260 g/mol. The first-order valence-electron chi connectivity index (χ1n) is 7.68. The van der Waals surface area contributed by atoms with E-state index in [2.05, 4.69) is 6.92 Å². The van der Waals surface area contributed by atoms with Crippen LogP contribution >= 0.6 is 0 Å². The minimum Gasteiger partial charge on any atom is -0.487 e. The van der Waals surface area contributed by atoms with Crippen LogP contribution in [0.2, 0.25) is 0 Å². The van der Waals surface area contributed by atoms with Crippen LogP contribution in [0.5, 0.6) is 5.75 Å². The second-order valence-electron chi connectivity index (χ2n) is 6.27. The molecular weight excluding hydrogens is 236 g/mol. The molecule has 2 heteroatoms. The summed E-state index contributed by atoms with van der Waals surface area (Å²) in [4.78, 5) is 0. The molecule has 1 aromatic rings. The van der Waals surface area contributed by atoms with E-state index in [-0.39, 0.29) is 11.7 Å². The number of hydrogen-bond donors (Lipinski definition) is 1. The van der Waals surface area contributed by atoms with Crippen molar-refractivity contribution >= 4 is 0 Å². The summed E-state index contributed by atoms with van der Waals surface area (Å²) in [5.41, 5.74) is 0.863. The maximum Gasteiger partial charge on any atom is 0.125 e. The lowest BCUT2D eigenvalue weighted by atomic mass is 9.73. The fraction of sp³-hybridized carbons (Fsp3) is 0.647. The van der Waals surface area contributed by atoms with Crippen molar-refractivity contribution in [3.05, 3.63) is 29.8 Å². The van der Waals surface area contributed by atoms with E-state index in [4.69, 9.17) is 4.74 Å². The summed E-state index contributed by atoms with van der Waals surface area (Å²) in [6, 6.07) is 7.95. The van der Waals surface area contributed by atoms with E-state index in [1.165, 1.54) is 25.7 Å². The third-order valence-electron chi connectivity index (χ3n) is 4.88. The van der Waals surface area contributed by atoms with Gasteiger partial charge in [-0.25, -0.2) is 0 Å². The second-order valence-corrected chi connectivity index (χ2v) is 6.27. The summed E-state index contributed by atoms with van der Waals surface area (Å²) >= 11 is 0. The maximum absolute atomic E-state index is 10.4. The summed E-state index contributed by atoms with van der Waals surface area (Å²) in [5, 5.41) is 10.4. The van der Waals surface area contributed by atoms with Crippen LogP contribution in [0.3, 0.4) is 0 Å². The molecule has 2 nitrogen and oxygen atoms in total. The van der Waals surface area contributed by atoms with Gasteiger partial charge in [0.05, 0.1) is 6.10 Å². The van der Waals surface area contributed by atoms with Gasteiger partial charge >= 0.3 is 0 Å². The highest BCUT2D eigenvalue weighted by Gasteiger charge is 2.42. The number of fused-ring (bicyclic) bond motifs is 1. The molecule has 0 amide bonds. The third kappa shape index (κ3) is 2.51. The van der Waals surface area contributed by atoms with Gasteiger partial charge in [-0.2, -0.15) is 0 Å². The van der Waals surface area contributed by atoms with E-state index in [0.29, 0.717) is 0 Å². The van der Waals surface area contributed by atoms with Gasteiger partial charge in [-0.15, -0.1) is 0 Å². The molecule has 0 saturated heterocycles. The molecule has 1 aromatic carbocycles. The van der Waals surface area contributed by atoms with E-state index in [9.17, 15) is 5.11 Å². The van der Waals surface area contributed by atoms with Crippen molar-refractivity contribution in [1.82, 2.24) is 0 Å². The number of benzene rings is 1. The monoisotopic (exact) mass is 260 g/mol. The van der Waals surface area contributed by atoms with E-state index < -0.39 is 0 Å². The Kier molecular flexibility index (Phi) is 3.53. The molecule has 104 valence electrons. The van der Waals surface area contributed by atoms with Crippen LogP contribution in [-0.2, 0) is 0 Å². The first kappa shape index (κ1) is 13.0. The van der Waals surface area contributed by atoms with Crippen molar-refractivity contribution in [2.75, 3.05) is 0 Å². The van der Waals surface area contributed by atoms with Gasteiger partial charge in [-0.1, -0.05) is 38.0 Å². The van der Waals surface area contributed by atoms with Gasteiger partial charge in [0, 0.05) is 12.0 Å². The summed E-state index contributed by atoms with van der Waals surface area (Å²) in [7, 11) is 0. The smallest absolute Gasteiger partial charge is 0.125 e. The van der Waals surface area contributed by atoms with Gasteiger partial charge in [0.15, 0.2) is 0 Å². The Hall–Kier alpha value is -1.02. The summed E-state index contributed by atoms with van der Waals surface area (Å²) in [5.74, 6) is 1.77. The van der Waals surface area contributed by atoms with Crippen molar-refractivity contribution < 1.29 is 9.84 Å². The fourth-order valence-corrected chi connectivity index (χ4v) is 3.79. The normalized spacial score (nSPS) is 33.8. The lowest BCUT2D eigenvalue weighted by Gasteiger charge is -2.45. The first-order chi connectivity index (χ1) is 9.22. The Morgan fingerprint density at radius 1 is 1.26 bits per heavy atom. The van der Waals surface area contributed by atoms with Crippen LogP contribution in [-0.4, -0.2) is 10.7 Å². The Balaban J connectivity index is 1.74. The molecular formula is C17H24O2. The molecule has 3 rings (SSSR count). The number of rotatable bonds is 2. The average Bonchev–Trinajstić information content (AvgIpc) is 2.42. The minimum absolute atomic E-state index is 0.0992. The van der Waals surface area contributed by atoms with Gasteiger partial charge in [0.25, 0.3) is 0 Å². The Morgan fingerprint density at radius 2 is 2.00 bits per heavy atom. The molecule has 1 fully saturated rings. The molecule has 1 aliphatic carbocycles. The van der Waals surface area contributed by atoms with Gasteiger partial charge in [-0.05, 0) is 37.7 Å². The molecule has 1 N–H and O–H groups in total. The van der Waals surface area contributed by atoms with Gasteiger partial charge in [0.1, 0.15) is 11.4 Å².